The quantitative estimate of drug-likeness (QED) is 0.625. The zero-order valence-electron chi connectivity index (χ0n) is 8.50. The van der Waals surface area contributed by atoms with Gasteiger partial charge in [0.2, 0.25) is 0 Å². The molecule has 0 radical (unpaired) electrons. The summed E-state index contributed by atoms with van der Waals surface area (Å²) in [4.78, 5) is 2.49. The lowest BCUT2D eigenvalue weighted by atomic mass is 10.1. The van der Waals surface area contributed by atoms with Crippen LogP contribution in [-0.2, 0) is 4.74 Å². The zero-order chi connectivity index (χ0) is 9.36. The van der Waals surface area contributed by atoms with E-state index in [4.69, 9.17) is 10.5 Å². The Balaban J connectivity index is 1.86. The fraction of sp³-hybridized carbons (Fsp3) is 1.00. The van der Waals surface area contributed by atoms with Crippen LogP contribution >= 0.6 is 0 Å². The maximum absolute atomic E-state index is 5.46. The Morgan fingerprint density at radius 3 is 2.54 bits per heavy atom. The van der Waals surface area contributed by atoms with Crippen molar-refractivity contribution in [2.45, 2.75) is 25.7 Å². The highest BCUT2D eigenvalue weighted by Crippen LogP contribution is 2.07. The molecule has 1 fully saturated rings. The molecule has 3 heteroatoms. The first kappa shape index (κ1) is 11.0. The van der Waals surface area contributed by atoms with Crippen LogP contribution in [0.3, 0.4) is 0 Å². The van der Waals surface area contributed by atoms with Gasteiger partial charge in [0.05, 0.1) is 6.61 Å². The number of hydrogen-bond acceptors (Lipinski definition) is 3. The normalized spacial score (nSPS) is 19.2. The Kier molecular flexibility index (Phi) is 6.15. The summed E-state index contributed by atoms with van der Waals surface area (Å²) in [6, 6.07) is 0. The molecule has 1 aliphatic rings. The van der Waals surface area contributed by atoms with Gasteiger partial charge < -0.3 is 15.4 Å². The highest BCUT2D eigenvalue weighted by molar-refractivity contribution is 4.63. The van der Waals surface area contributed by atoms with Gasteiger partial charge in [-0.2, -0.15) is 0 Å². The van der Waals surface area contributed by atoms with Gasteiger partial charge in [0.25, 0.3) is 0 Å². The van der Waals surface area contributed by atoms with Crippen molar-refractivity contribution in [3.05, 3.63) is 0 Å². The fourth-order valence-electron chi connectivity index (χ4n) is 1.66. The van der Waals surface area contributed by atoms with Crippen LogP contribution in [0.15, 0.2) is 0 Å². The van der Waals surface area contributed by atoms with E-state index >= 15 is 0 Å². The van der Waals surface area contributed by atoms with Gasteiger partial charge in [-0.05, 0) is 38.9 Å². The van der Waals surface area contributed by atoms with Crippen LogP contribution in [-0.4, -0.2) is 44.3 Å². The molecule has 13 heavy (non-hydrogen) atoms. The Hall–Kier alpha value is -0.120. The molecule has 0 aliphatic carbocycles. The van der Waals surface area contributed by atoms with Crippen molar-refractivity contribution in [2.75, 3.05) is 39.4 Å². The lowest BCUT2D eigenvalue weighted by Gasteiger charge is -2.26. The van der Waals surface area contributed by atoms with Gasteiger partial charge in [-0.25, -0.2) is 0 Å². The summed E-state index contributed by atoms with van der Waals surface area (Å²) in [5, 5.41) is 0. The Bertz CT molecular complexity index is 113. The lowest BCUT2D eigenvalue weighted by molar-refractivity contribution is 0.0959. The molecule has 0 aromatic carbocycles. The summed E-state index contributed by atoms with van der Waals surface area (Å²) in [7, 11) is 0. The lowest BCUT2D eigenvalue weighted by Crippen LogP contribution is -2.32. The van der Waals surface area contributed by atoms with Gasteiger partial charge >= 0.3 is 0 Å². The predicted octanol–water partition coefficient (Wildman–Crippen LogP) is 0.838. The minimum atomic E-state index is 0.740. The Morgan fingerprint density at radius 2 is 1.85 bits per heavy atom. The molecule has 1 saturated heterocycles. The van der Waals surface area contributed by atoms with Crippen molar-refractivity contribution in [3.63, 3.8) is 0 Å². The Morgan fingerprint density at radius 1 is 1.08 bits per heavy atom. The number of likely N-dealkylation sites (tertiary alicyclic amines) is 1. The van der Waals surface area contributed by atoms with Crippen LogP contribution in [0.4, 0.5) is 0 Å². The number of nitrogens with two attached hydrogens (primary N) is 1. The summed E-state index contributed by atoms with van der Waals surface area (Å²) >= 11 is 0. The van der Waals surface area contributed by atoms with Crippen molar-refractivity contribution >= 4 is 0 Å². The summed E-state index contributed by atoms with van der Waals surface area (Å²) < 4.78 is 5.46. The van der Waals surface area contributed by atoms with Crippen molar-refractivity contribution in [3.8, 4) is 0 Å². The summed E-state index contributed by atoms with van der Waals surface area (Å²) in [6.07, 6.45) is 5.12. The van der Waals surface area contributed by atoms with Crippen molar-refractivity contribution in [1.82, 2.24) is 4.90 Å². The molecule has 2 N–H and O–H groups in total. The van der Waals surface area contributed by atoms with Crippen LogP contribution in [0.25, 0.3) is 0 Å². The summed E-state index contributed by atoms with van der Waals surface area (Å²) in [6.45, 7) is 6.07. The molecule has 1 rings (SSSR count). The largest absolute Gasteiger partial charge is 0.380 e. The van der Waals surface area contributed by atoms with E-state index in [0.29, 0.717) is 0 Å². The van der Waals surface area contributed by atoms with Gasteiger partial charge in [0.15, 0.2) is 0 Å². The highest BCUT2D eigenvalue weighted by atomic mass is 16.5. The Labute approximate surface area is 81.2 Å². The van der Waals surface area contributed by atoms with E-state index in [1.165, 1.54) is 32.4 Å². The van der Waals surface area contributed by atoms with Gasteiger partial charge in [-0.3, -0.25) is 0 Å². The summed E-state index contributed by atoms with van der Waals surface area (Å²) in [5.74, 6) is 0. The number of ether oxygens (including phenoxy) is 1. The second-order valence-electron chi connectivity index (χ2n) is 3.66. The third-order valence-electron chi connectivity index (χ3n) is 2.49. The molecule has 0 unspecified atom stereocenters. The molecule has 0 atom stereocenters. The van der Waals surface area contributed by atoms with Gasteiger partial charge in [0.1, 0.15) is 0 Å². The van der Waals surface area contributed by atoms with E-state index in [2.05, 4.69) is 4.90 Å². The molecule has 0 amide bonds. The molecular formula is C10H22N2O. The number of hydrogen-bond donors (Lipinski definition) is 1. The average molecular weight is 186 g/mol. The molecule has 78 valence electrons. The molecule has 0 spiro atoms. The zero-order valence-corrected chi connectivity index (χ0v) is 8.50. The van der Waals surface area contributed by atoms with Gasteiger partial charge in [-0.15, -0.1) is 0 Å². The van der Waals surface area contributed by atoms with E-state index in [9.17, 15) is 0 Å². The molecule has 0 aromatic heterocycles. The topological polar surface area (TPSA) is 38.5 Å². The van der Waals surface area contributed by atoms with Crippen LogP contribution in [0.1, 0.15) is 25.7 Å². The molecule has 1 aliphatic heterocycles. The maximum atomic E-state index is 5.46. The van der Waals surface area contributed by atoms with Gasteiger partial charge in [-0.1, -0.05) is 6.42 Å². The van der Waals surface area contributed by atoms with Crippen LogP contribution < -0.4 is 5.73 Å². The first-order valence-electron chi connectivity index (χ1n) is 5.43. The third-order valence-corrected chi connectivity index (χ3v) is 2.49. The van der Waals surface area contributed by atoms with Crippen LogP contribution in [0.5, 0.6) is 0 Å². The minimum Gasteiger partial charge on any atom is -0.380 e. The molecular weight excluding hydrogens is 164 g/mol. The highest BCUT2D eigenvalue weighted by Gasteiger charge is 2.08. The fourth-order valence-corrected chi connectivity index (χ4v) is 1.66. The van der Waals surface area contributed by atoms with E-state index < -0.39 is 0 Å². The second kappa shape index (κ2) is 7.30. The molecule has 0 saturated carbocycles. The van der Waals surface area contributed by atoms with Crippen molar-refractivity contribution in [1.29, 1.82) is 0 Å². The third kappa shape index (κ3) is 5.24. The SMILES string of the molecule is NCCCOCCN1CCCCC1. The molecule has 0 bridgehead atoms. The summed E-state index contributed by atoms with van der Waals surface area (Å²) in [5.41, 5.74) is 5.36. The number of nitrogens with zero attached hydrogens (tertiary/aromatic N) is 1. The average Bonchev–Trinajstić information content (AvgIpc) is 2.19. The predicted molar refractivity (Wildman–Crippen MR) is 54.8 cm³/mol. The monoisotopic (exact) mass is 186 g/mol. The van der Waals surface area contributed by atoms with Crippen molar-refractivity contribution < 1.29 is 4.74 Å². The first-order chi connectivity index (χ1) is 6.43. The minimum absolute atomic E-state index is 0.740. The first-order valence-corrected chi connectivity index (χ1v) is 5.43. The van der Waals surface area contributed by atoms with Gasteiger partial charge in [0, 0.05) is 13.2 Å². The second-order valence-corrected chi connectivity index (χ2v) is 3.66. The van der Waals surface area contributed by atoms with Crippen molar-refractivity contribution in [2.24, 2.45) is 5.73 Å². The molecule has 0 aromatic rings. The number of rotatable bonds is 6. The van der Waals surface area contributed by atoms with E-state index in [-0.39, 0.29) is 0 Å². The van der Waals surface area contributed by atoms with Crippen LogP contribution in [0, 0.1) is 0 Å². The van der Waals surface area contributed by atoms with E-state index in [1.54, 1.807) is 0 Å². The smallest absolute Gasteiger partial charge is 0.0593 e. The molecule has 3 nitrogen and oxygen atoms in total. The van der Waals surface area contributed by atoms with E-state index in [0.717, 1.165) is 32.7 Å². The molecule has 1 heterocycles. The standard InChI is InChI=1S/C10H22N2O/c11-5-4-9-13-10-8-12-6-2-1-3-7-12/h1-11H2. The van der Waals surface area contributed by atoms with Crippen LogP contribution in [0.2, 0.25) is 0 Å². The maximum Gasteiger partial charge on any atom is 0.0593 e. The number of piperidine rings is 1. The van der Waals surface area contributed by atoms with E-state index in [1.807, 2.05) is 0 Å².